The lowest BCUT2D eigenvalue weighted by molar-refractivity contribution is -0.155. The van der Waals surface area contributed by atoms with E-state index < -0.39 is 5.82 Å². The van der Waals surface area contributed by atoms with Gasteiger partial charge in [-0.25, -0.2) is 14.4 Å². The molecular weight excluding hydrogens is 513 g/mol. The minimum absolute atomic E-state index is 0.0142. The zero-order valence-electron chi connectivity index (χ0n) is 20.7. The summed E-state index contributed by atoms with van der Waals surface area (Å²) in [6.07, 6.45) is 6.81. The van der Waals surface area contributed by atoms with E-state index in [1.807, 2.05) is 4.90 Å². The van der Waals surface area contributed by atoms with Gasteiger partial charge in [0.25, 0.3) is 0 Å². The van der Waals surface area contributed by atoms with Crippen molar-refractivity contribution in [3.63, 3.8) is 0 Å². The molecule has 2 aromatic carbocycles. The Hall–Kier alpha value is -3.76. The number of halogens is 2. The van der Waals surface area contributed by atoms with Gasteiger partial charge in [-0.05, 0) is 49.9 Å². The van der Waals surface area contributed by atoms with Crippen LogP contribution in [0.2, 0.25) is 5.02 Å². The first kappa shape index (κ1) is 25.9. The highest BCUT2D eigenvalue weighted by Gasteiger charge is 2.26. The second-order valence-electron chi connectivity index (χ2n) is 9.33. The van der Waals surface area contributed by atoms with Crippen LogP contribution in [0.3, 0.4) is 0 Å². The summed E-state index contributed by atoms with van der Waals surface area (Å²) in [5.41, 5.74) is 1.63. The van der Waals surface area contributed by atoms with Gasteiger partial charge in [-0.2, -0.15) is 0 Å². The third kappa shape index (κ3) is 6.20. The Bertz CT molecular complexity index is 1400. The fraction of sp³-hybridized carbons (Fsp3) is 0.333. The second-order valence-corrected chi connectivity index (χ2v) is 9.73. The number of morpholine rings is 1. The van der Waals surface area contributed by atoms with Crippen LogP contribution in [0.1, 0.15) is 19.8 Å². The van der Waals surface area contributed by atoms with E-state index in [-0.39, 0.29) is 22.9 Å². The number of hydrogen-bond acceptors (Lipinski definition) is 8. The number of anilines is 3. The molecule has 1 aliphatic heterocycles. The predicted molar refractivity (Wildman–Crippen MR) is 142 cm³/mol. The summed E-state index contributed by atoms with van der Waals surface area (Å²) in [5, 5.41) is 6.65. The number of ether oxygens (including phenoxy) is 2. The number of cyclic esters (lactones) is 1. The summed E-state index contributed by atoms with van der Waals surface area (Å²) in [7, 11) is 0. The molecule has 198 valence electrons. The van der Waals surface area contributed by atoms with Crippen molar-refractivity contribution in [3.05, 3.63) is 59.7 Å². The summed E-state index contributed by atoms with van der Waals surface area (Å²) < 4.78 is 24.7. The van der Waals surface area contributed by atoms with Crippen LogP contribution in [0.15, 0.2) is 48.8 Å². The molecule has 1 amide bonds. The van der Waals surface area contributed by atoms with Crippen molar-refractivity contribution in [1.82, 2.24) is 14.9 Å². The maximum Gasteiger partial charge on any atom is 0.323 e. The molecule has 11 heteroatoms. The zero-order valence-corrected chi connectivity index (χ0v) is 21.5. The van der Waals surface area contributed by atoms with Crippen molar-refractivity contribution >= 4 is 51.6 Å². The highest BCUT2D eigenvalue weighted by molar-refractivity contribution is 6.31. The molecule has 1 saturated carbocycles. The van der Waals surface area contributed by atoms with Crippen molar-refractivity contribution in [1.29, 1.82) is 0 Å². The molecule has 5 rings (SSSR count). The lowest BCUT2D eigenvalue weighted by atomic mass is 10.1. The molecule has 1 atom stereocenters. The average Bonchev–Trinajstić information content (AvgIpc) is 3.72. The molecule has 1 saturated heterocycles. The molecule has 9 nitrogen and oxygen atoms in total. The molecule has 38 heavy (non-hydrogen) atoms. The number of amides is 1. The summed E-state index contributed by atoms with van der Waals surface area (Å²) >= 11 is 5.93. The second kappa shape index (κ2) is 11.3. The maximum absolute atomic E-state index is 13.6. The predicted octanol–water partition coefficient (Wildman–Crippen LogP) is 4.70. The molecule has 1 aromatic heterocycles. The number of hydrogen-bond donors (Lipinski definition) is 2. The van der Waals surface area contributed by atoms with Gasteiger partial charge in [-0.15, -0.1) is 0 Å². The van der Waals surface area contributed by atoms with Crippen molar-refractivity contribution in [2.75, 3.05) is 36.9 Å². The van der Waals surface area contributed by atoms with Crippen molar-refractivity contribution in [2.24, 2.45) is 5.92 Å². The number of carbonyl (C=O) groups is 2. The first-order valence-corrected chi connectivity index (χ1v) is 12.8. The van der Waals surface area contributed by atoms with Gasteiger partial charge < -0.3 is 20.1 Å². The average molecular weight is 540 g/mol. The van der Waals surface area contributed by atoms with Gasteiger partial charge >= 0.3 is 5.97 Å². The van der Waals surface area contributed by atoms with Crippen molar-refractivity contribution in [3.8, 4) is 5.75 Å². The normalized spacial score (nSPS) is 18.0. The van der Waals surface area contributed by atoms with Crippen LogP contribution in [0, 0.1) is 11.7 Å². The number of rotatable bonds is 9. The first-order valence-electron chi connectivity index (χ1n) is 12.4. The van der Waals surface area contributed by atoms with Gasteiger partial charge in [0, 0.05) is 36.3 Å². The minimum atomic E-state index is -0.519. The fourth-order valence-electron chi connectivity index (χ4n) is 4.05. The van der Waals surface area contributed by atoms with Gasteiger partial charge in [0.1, 0.15) is 36.4 Å². The standard InChI is InChI=1S/C27H27ClFN5O4/c1-16-27(36)37-10-9-34(16)8-2-3-25(35)33-23-12-19-22(13-24(23)38-14-17-4-5-17)30-15-31-26(19)32-18-6-7-21(29)20(28)11-18/h2-3,6-7,11-13,15-17H,4-5,8-10,14H2,1H3,(H,33,35)(H,30,31,32). The number of aromatic nitrogens is 2. The van der Waals surface area contributed by atoms with E-state index in [9.17, 15) is 14.0 Å². The van der Waals surface area contributed by atoms with Gasteiger partial charge in [-0.3, -0.25) is 14.5 Å². The molecule has 0 bridgehead atoms. The van der Waals surface area contributed by atoms with Gasteiger partial charge in [0.15, 0.2) is 0 Å². The SMILES string of the molecule is CC1C(=O)OCCN1CC=CC(=O)Nc1cc2c(Nc3ccc(F)c(Cl)c3)ncnc2cc1OCC1CC1. The Balaban J connectivity index is 1.37. The summed E-state index contributed by atoms with van der Waals surface area (Å²) in [6.45, 7) is 3.72. The highest BCUT2D eigenvalue weighted by atomic mass is 35.5. The number of benzene rings is 2. The van der Waals surface area contributed by atoms with Gasteiger partial charge in [0.2, 0.25) is 5.91 Å². The first-order chi connectivity index (χ1) is 18.4. The quantitative estimate of drug-likeness (QED) is 0.298. The van der Waals surface area contributed by atoms with Gasteiger partial charge in [0.05, 0.1) is 22.8 Å². The zero-order chi connectivity index (χ0) is 26.6. The molecule has 0 radical (unpaired) electrons. The molecular formula is C27H27ClFN5O4. The van der Waals surface area contributed by atoms with Crippen LogP contribution in [-0.4, -0.2) is 59.1 Å². The monoisotopic (exact) mass is 539 g/mol. The van der Waals surface area contributed by atoms with Crippen LogP contribution in [0.5, 0.6) is 5.75 Å². The van der Waals surface area contributed by atoms with E-state index in [2.05, 4.69) is 20.6 Å². The van der Waals surface area contributed by atoms with Crippen molar-refractivity contribution < 1.29 is 23.5 Å². The molecule has 2 fully saturated rings. The van der Waals surface area contributed by atoms with Crippen LogP contribution in [0.4, 0.5) is 21.6 Å². The van der Waals surface area contributed by atoms with E-state index in [1.54, 1.807) is 31.2 Å². The molecule has 2 aliphatic rings. The molecule has 1 unspecified atom stereocenters. The fourth-order valence-corrected chi connectivity index (χ4v) is 4.23. The highest BCUT2D eigenvalue weighted by Crippen LogP contribution is 2.36. The van der Waals surface area contributed by atoms with Crippen LogP contribution in [0.25, 0.3) is 10.9 Å². The third-order valence-corrected chi connectivity index (χ3v) is 6.76. The van der Waals surface area contributed by atoms with E-state index in [0.717, 1.165) is 12.8 Å². The summed E-state index contributed by atoms with van der Waals surface area (Å²) in [5.74, 6) is 0.353. The van der Waals surface area contributed by atoms with E-state index >= 15 is 0 Å². The number of nitrogens with one attached hydrogen (secondary N) is 2. The summed E-state index contributed by atoms with van der Waals surface area (Å²) in [4.78, 5) is 35.2. The van der Waals surface area contributed by atoms with Crippen LogP contribution >= 0.6 is 11.6 Å². The number of nitrogens with zero attached hydrogens (tertiary/aromatic N) is 3. The lowest BCUT2D eigenvalue weighted by Crippen LogP contribution is -2.47. The van der Waals surface area contributed by atoms with E-state index in [1.165, 1.54) is 24.5 Å². The number of fused-ring (bicyclic) bond motifs is 1. The number of carbonyl (C=O) groups excluding carboxylic acids is 2. The third-order valence-electron chi connectivity index (χ3n) is 6.47. The Morgan fingerprint density at radius 3 is 2.92 bits per heavy atom. The molecule has 1 aliphatic carbocycles. The van der Waals surface area contributed by atoms with Gasteiger partial charge in [-0.1, -0.05) is 17.7 Å². The van der Waals surface area contributed by atoms with E-state index in [4.69, 9.17) is 21.1 Å². The molecule has 0 spiro atoms. The Morgan fingerprint density at radius 1 is 1.29 bits per heavy atom. The minimum Gasteiger partial charge on any atom is -0.491 e. The smallest absolute Gasteiger partial charge is 0.323 e. The van der Waals surface area contributed by atoms with E-state index in [0.29, 0.717) is 66.1 Å². The molecule has 3 aromatic rings. The maximum atomic E-state index is 13.6. The molecule has 2 heterocycles. The van der Waals surface area contributed by atoms with Crippen LogP contribution < -0.4 is 15.4 Å². The number of esters is 1. The molecule has 2 N–H and O–H groups in total. The topological polar surface area (TPSA) is 106 Å². The Labute approximate surface area is 224 Å². The Morgan fingerprint density at radius 2 is 2.13 bits per heavy atom. The summed E-state index contributed by atoms with van der Waals surface area (Å²) in [6, 6.07) is 7.44. The lowest BCUT2D eigenvalue weighted by Gasteiger charge is -2.30. The Kier molecular flexibility index (Phi) is 7.71. The van der Waals surface area contributed by atoms with Crippen LogP contribution in [-0.2, 0) is 14.3 Å². The van der Waals surface area contributed by atoms with Crippen molar-refractivity contribution in [2.45, 2.75) is 25.8 Å². The largest absolute Gasteiger partial charge is 0.491 e.